The molecule has 0 heterocycles. The summed E-state index contributed by atoms with van der Waals surface area (Å²) in [5, 5.41) is 21.3. The van der Waals surface area contributed by atoms with Gasteiger partial charge in [0.05, 0.1) is 12.1 Å². The molecule has 0 aliphatic heterocycles. The molecule has 0 aromatic heterocycles. The van der Waals surface area contributed by atoms with Gasteiger partial charge < -0.3 is 14.9 Å². The molecule has 0 saturated carbocycles. The zero-order valence-electron chi connectivity index (χ0n) is 15.5. The second-order valence-electron chi connectivity index (χ2n) is 6.87. The molecular weight excluding hydrogens is 370 g/mol. The molecule has 6 heteroatoms. The van der Waals surface area contributed by atoms with E-state index in [0.717, 1.165) is 22.3 Å². The summed E-state index contributed by atoms with van der Waals surface area (Å²) in [5.41, 5.74) is 5.05. The third kappa shape index (κ3) is 3.78. The number of aliphatic carboxylic acids is 1. The summed E-state index contributed by atoms with van der Waals surface area (Å²) in [6, 6.07) is 20.3. The Morgan fingerprint density at radius 3 is 2.17 bits per heavy atom. The molecule has 29 heavy (non-hydrogen) atoms. The van der Waals surface area contributed by atoms with Crippen molar-refractivity contribution >= 4 is 17.7 Å². The van der Waals surface area contributed by atoms with Crippen molar-refractivity contribution in [2.24, 2.45) is 0 Å². The maximum atomic E-state index is 12.3. The van der Waals surface area contributed by atoms with Crippen LogP contribution in [0.25, 0.3) is 11.1 Å². The molecule has 0 radical (unpaired) electrons. The van der Waals surface area contributed by atoms with Crippen LogP contribution in [0.15, 0.2) is 66.7 Å². The standard InChI is InChI=1S/C23H19NO5/c25-21-10-9-14(12-22(26)27)11-20(21)24-23(28)29-13-19-17-7-3-1-5-15(17)16-6-2-4-8-18(16)19/h1-11,19,25H,12-13H2,(H,24,28)(H,26,27). The third-order valence-electron chi connectivity index (χ3n) is 5.00. The van der Waals surface area contributed by atoms with Crippen molar-refractivity contribution in [2.45, 2.75) is 12.3 Å². The van der Waals surface area contributed by atoms with Crippen molar-refractivity contribution in [3.8, 4) is 16.9 Å². The number of ether oxygens (including phenoxy) is 1. The number of fused-ring (bicyclic) bond motifs is 3. The van der Waals surface area contributed by atoms with E-state index in [4.69, 9.17) is 9.84 Å². The lowest BCUT2D eigenvalue weighted by atomic mass is 9.98. The highest BCUT2D eigenvalue weighted by Gasteiger charge is 2.29. The number of carbonyl (C=O) groups is 2. The summed E-state index contributed by atoms with van der Waals surface area (Å²) < 4.78 is 5.44. The average molecular weight is 389 g/mol. The number of amides is 1. The molecule has 0 spiro atoms. The van der Waals surface area contributed by atoms with E-state index in [1.54, 1.807) is 0 Å². The fraction of sp³-hybridized carbons (Fsp3) is 0.130. The van der Waals surface area contributed by atoms with Gasteiger partial charge in [-0.15, -0.1) is 0 Å². The smallest absolute Gasteiger partial charge is 0.411 e. The minimum Gasteiger partial charge on any atom is -0.506 e. The SMILES string of the molecule is O=C(O)Cc1ccc(O)c(NC(=O)OCC2c3ccccc3-c3ccccc32)c1. The third-order valence-corrected chi connectivity index (χ3v) is 5.00. The van der Waals surface area contributed by atoms with E-state index in [-0.39, 0.29) is 30.4 Å². The largest absolute Gasteiger partial charge is 0.506 e. The molecule has 0 bridgehead atoms. The Kier molecular flexibility index (Phi) is 4.91. The fourth-order valence-corrected chi connectivity index (χ4v) is 3.71. The van der Waals surface area contributed by atoms with Crippen molar-refractivity contribution in [1.29, 1.82) is 0 Å². The number of carboxylic acid groups (broad SMARTS) is 1. The number of phenolic OH excluding ortho intramolecular Hbond substituents is 1. The molecule has 146 valence electrons. The number of benzene rings is 3. The Morgan fingerprint density at radius 1 is 0.931 bits per heavy atom. The first-order valence-corrected chi connectivity index (χ1v) is 9.18. The van der Waals surface area contributed by atoms with Gasteiger partial charge in [-0.2, -0.15) is 0 Å². The van der Waals surface area contributed by atoms with Gasteiger partial charge >= 0.3 is 12.1 Å². The van der Waals surface area contributed by atoms with Crippen molar-refractivity contribution in [2.75, 3.05) is 11.9 Å². The lowest BCUT2D eigenvalue weighted by Gasteiger charge is -2.15. The van der Waals surface area contributed by atoms with E-state index in [1.165, 1.54) is 18.2 Å². The van der Waals surface area contributed by atoms with Gasteiger partial charge in [-0.1, -0.05) is 54.6 Å². The maximum Gasteiger partial charge on any atom is 0.411 e. The second-order valence-corrected chi connectivity index (χ2v) is 6.87. The summed E-state index contributed by atoms with van der Waals surface area (Å²) in [4.78, 5) is 23.2. The van der Waals surface area contributed by atoms with E-state index in [2.05, 4.69) is 17.4 Å². The minimum atomic E-state index is -0.997. The predicted molar refractivity (Wildman–Crippen MR) is 108 cm³/mol. The first-order valence-electron chi connectivity index (χ1n) is 9.18. The van der Waals surface area contributed by atoms with Crippen LogP contribution in [-0.4, -0.2) is 28.9 Å². The summed E-state index contributed by atoms with van der Waals surface area (Å²) in [6.45, 7) is 0.148. The molecule has 4 rings (SSSR count). The van der Waals surface area contributed by atoms with Gasteiger partial charge in [0.1, 0.15) is 12.4 Å². The van der Waals surface area contributed by atoms with Gasteiger partial charge in [0.15, 0.2) is 0 Å². The number of phenols is 1. The van der Waals surface area contributed by atoms with Gasteiger partial charge in [0.2, 0.25) is 0 Å². The Labute approximate surface area is 167 Å². The Bertz CT molecular complexity index is 1050. The van der Waals surface area contributed by atoms with E-state index < -0.39 is 12.1 Å². The maximum absolute atomic E-state index is 12.3. The van der Waals surface area contributed by atoms with E-state index >= 15 is 0 Å². The van der Waals surface area contributed by atoms with Crippen LogP contribution in [0, 0.1) is 0 Å². The van der Waals surface area contributed by atoms with Crippen LogP contribution < -0.4 is 5.32 Å². The zero-order valence-corrected chi connectivity index (χ0v) is 15.5. The number of anilines is 1. The highest BCUT2D eigenvalue weighted by atomic mass is 16.5. The van der Waals surface area contributed by atoms with Gasteiger partial charge in [-0.25, -0.2) is 4.79 Å². The molecule has 3 aromatic rings. The Morgan fingerprint density at radius 2 is 1.55 bits per heavy atom. The van der Waals surface area contributed by atoms with Crippen molar-refractivity contribution in [1.82, 2.24) is 0 Å². The lowest BCUT2D eigenvalue weighted by molar-refractivity contribution is -0.136. The van der Waals surface area contributed by atoms with Crippen LogP contribution in [0.5, 0.6) is 5.75 Å². The highest BCUT2D eigenvalue weighted by Crippen LogP contribution is 2.44. The van der Waals surface area contributed by atoms with Crippen LogP contribution in [0.2, 0.25) is 0 Å². The molecule has 0 fully saturated rings. The van der Waals surface area contributed by atoms with Crippen molar-refractivity contribution in [3.63, 3.8) is 0 Å². The van der Waals surface area contributed by atoms with Crippen LogP contribution in [0.1, 0.15) is 22.6 Å². The summed E-state index contributed by atoms with van der Waals surface area (Å²) in [6.07, 6.45) is -0.922. The van der Waals surface area contributed by atoms with E-state index in [1.807, 2.05) is 36.4 Å². The number of nitrogens with one attached hydrogen (secondary N) is 1. The molecule has 6 nitrogen and oxygen atoms in total. The van der Waals surface area contributed by atoms with Crippen LogP contribution in [-0.2, 0) is 16.0 Å². The average Bonchev–Trinajstić information content (AvgIpc) is 3.02. The Balaban J connectivity index is 1.48. The molecule has 3 aromatic carbocycles. The molecule has 1 aliphatic rings. The van der Waals surface area contributed by atoms with Gasteiger partial charge in [0, 0.05) is 5.92 Å². The van der Waals surface area contributed by atoms with Crippen LogP contribution >= 0.6 is 0 Å². The predicted octanol–water partition coefficient (Wildman–Crippen LogP) is 4.38. The molecule has 0 atom stereocenters. The number of aromatic hydroxyl groups is 1. The topological polar surface area (TPSA) is 95.9 Å². The van der Waals surface area contributed by atoms with Crippen LogP contribution in [0.4, 0.5) is 10.5 Å². The highest BCUT2D eigenvalue weighted by molar-refractivity contribution is 5.87. The first-order chi connectivity index (χ1) is 14.0. The van der Waals surface area contributed by atoms with Gasteiger partial charge in [-0.3, -0.25) is 10.1 Å². The molecule has 3 N–H and O–H groups in total. The summed E-state index contributed by atoms with van der Waals surface area (Å²) >= 11 is 0. The minimum absolute atomic E-state index is 0.0694. The van der Waals surface area contributed by atoms with Crippen molar-refractivity contribution in [3.05, 3.63) is 83.4 Å². The number of carbonyl (C=O) groups excluding carboxylic acids is 1. The van der Waals surface area contributed by atoms with Crippen LogP contribution in [0.3, 0.4) is 0 Å². The summed E-state index contributed by atoms with van der Waals surface area (Å²) in [5.74, 6) is -1.23. The zero-order chi connectivity index (χ0) is 20.4. The monoisotopic (exact) mass is 389 g/mol. The quantitative estimate of drug-likeness (QED) is 0.563. The molecule has 0 saturated heterocycles. The molecule has 1 aliphatic carbocycles. The molecule has 0 unspecified atom stereocenters. The lowest BCUT2D eigenvalue weighted by Crippen LogP contribution is -2.18. The van der Waals surface area contributed by atoms with Gasteiger partial charge in [0.25, 0.3) is 0 Å². The molecular formula is C23H19NO5. The number of hydrogen-bond donors (Lipinski definition) is 3. The summed E-state index contributed by atoms with van der Waals surface area (Å²) in [7, 11) is 0. The normalized spacial score (nSPS) is 12.1. The van der Waals surface area contributed by atoms with E-state index in [9.17, 15) is 14.7 Å². The fourth-order valence-electron chi connectivity index (χ4n) is 3.71. The number of carboxylic acids is 1. The van der Waals surface area contributed by atoms with E-state index in [0.29, 0.717) is 5.56 Å². The molecule has 1 amide bonds. The second kappa shape index (κ2) is 7.67. The first kappa shape index (κ1) is 18.6. The number of rotatable bonds is 5. The van der Waals surface area contributed by atoms with Gasteiger partial charge in [-0.05, 0) is 39.9 Å². The number of hydrogen-bond acceptors (Lipinski definition) is 4. The van der Waals surface area contributed by atoms with Crippen molar-refractivity contribution < 1.29 is 24.5 Å². The Hall–Kier alpha value is -3.80.